The number of aromatic nitrogens is 2. The summed E-state index contributed by atoms with van der Waals surface area (Å²) >= 11 is 0. The number of hydrogen-bond acceptors (Lipinski definition) is 9. The first kappa shape index (κ1) is 22.2. The number of rotatable bonds is 0. The molecule has 0 saturated carbocycles. The van der Waals surface area contributed by atoms with Crippen molar-refractivity contribution >= 4 is 35.4 Å². The zero-order chi connectivity index (χ0) is 23.7. The van der Waals surface area contributed by atoms with E-state index in [1.54, 1.807) is 24.2 Å². The molecule has 1 saturated heterocycles. The molecule has 1 fully saturated rings. The lowest BCUT2D eigenvalue weighted by molar-refractivity contribution is -0.134. The van der Waals surface area contributed by atoms with Gasteiger partial charge < -0.3 is 25.4 Å². The molecule has 3 aliphatic heterocycles. The second-order valence-corrected chi connectivity index (χ2v) is 8.66. The van der Waals surface area contributed by atoms with Crippen molar-refractivity contribution in [2.45, 2.75) is 24.5 Å². The van der Waals surface area contributed by atoms with Crippen molar-refractivity contribution in [1.29, 1.82) is 0 Å². The Morgan fingerprint density at radius 1 is 1.18 bits per heavy atom. The average molecular weight is 466 g/mol. The summed E-state index contributed by atoms with van der Waals surface area (Å²) in [7, 11) is 1.75. The van der Waals surface area contributed by atoms with Gasteiger partial charge in [-0.2, -0.15) is 0 Å². The number of carbonyl (C=O) groups is 2. The van der Waals surface area contributed by atoms with Crippen LogP contribution in [0.5, 0.6) is 5.75 Å². The number of likely N-dealkylation sites (N-methyl/N-ethyl adjacent to an activating group) is 1. The molecular formula is C23H27N7O4. The van der Waals surface area contributed by atoms with Crippen molar-refractivity contribution in [3.63, 3.8) is 0 Å². The summed E-state index contributed by atoms with van der Waals surface area (Å²) < 4.78 is 5.91. The van der Waals surface area contributed by atoms with E-state index in [0.717, 1.165) is 0 Å². The third-order valence-corrected chi connectivity index (χ3v) is 6.34. The van der Waals surface area contributed by atoms with Gasteiger partial charge >= 0.3 is 0 Å². The molecule has 0 spiro atoms. The second kappa shape index (κ2) is 9.35. The first-order valence-electron chi connectivity index (χ1n) is 11.3. The molecule has 4 heterocycles. The maximum absolute atomic E-state index is 13.1. The molecule has 11 heteroatoms. The quantitative estimate of drug-likeness (QED) is 0.516. The van der Waals surface area contributed by atoms with Crippen LogP contribution >= 0.6 is 0 Å². The molecular weight excluding hydrogens is 438 g/mol. The number of nitrogens with one attached hydrogen (secondary N) is 2. The van der Waals surface area contributed by atoms with Crippen LogP contribution in [0.2, 0.25) is 0 Å². The minimum Gasteiger partial charge on any atom is -0.492 e. The zero-order valence-electron chi connectivity index (χ0n) is 18.8. The van der Waals surface area contributed by atoms with Gasteiger partial charge in [-0.15, -0.1) is 0 Å². The van der Waals surface area contributed by atoms with E-state index >= 15 is 0 Å². The van der Waals surface area contributed by atoms with E-state index in [1.165, 1.54) is 6.33 Å². The normalized spacial score (nSPS) is 25.5. The lowest BCUT2D eigenvalue weighted by atomic mass is 10.0. The molecule has 11 nitrogen and oxygen atoms in total. The Bertz CT molecular complexity index is 1120. The van der Waals surface area contributed by atoms with Crippen LogP contribution in [0.15, 0.2) is 35.6 Å². The Morgan fingerprint density at radius 2 is 2.03 bits per heavy atom. The van der Waals surface area contributed by atoms with Gasteiger partial charge in [-0.3, -0.25) is 19.5 Å². The smallest absolute Gasteiger partial charge is 0.239 e. The van der Waals surface area contributed by atoms with Gasteiger partial charge in [-0.05, 0) is 18.6 Å². The van der Waals surface area contributed by atoms with Gasteiger partial charge in [0.1, 0.15) is 36.2 Å². The van der Waals surface area contributed by atoms with E-state index in [9.17, 15) is 14.7 Å². The van der Waals surface area contributed by atoms with Crippen LogP contribution in [0.3, 0.4) is 0 Å². The minimum absolute atomic E-state index is 0.0452. The fraction of sp³-hybridized carbons (Fsp3) is 0.435. The summed E-state index contributed by atoms with van der Waals surface area (Å²) in [6.45, 7) is 2.19. The number of hydrogen-bond donors (Lipinski definition) is 3. The fourth-order valence-corrected chi connectivity index (χ4v) is 4.58. The van der Waals surface area contributed by atoms with Crippen molar-refractivity contribution in [2.24, 2.45) is 4.99 Å². The summed E-state index contributed by atoms with van der Waals surface area (Å²) in [4.78, 5) is 42.4. The summed E-state index contributed by atoms with van der Waals surface area (Å²) in [5.41, 5.74) is 1.28. The molecule has 0 radical (unpaired) electrons. The Kier molecular flexibility index (Phi) is 6.12. The third kappa shape index (κ3) is 4.44. The van der Waals surface area contributed by atoms with Gasteiger partial charge in [0.2, 0.25) is 11.8 Å². The van der Waals surface area contributed by atoms with Crippen molar-refractivity contribution in [1.82, 2.24) is 19.8 Å². The van der Waals surface area contributed by atoms with Gasteiger partial charge in [-0.25, -0.2) is 9.97 Å². The number of aliphatic hydroxyl groups excluding tert-OH is 1. The largest absolute Gasteiger partial charge is 0.492 e. The molecule has 2 amide bonds. The number of benzene rings is 1. The van der Waals surface area contributed by atoms with Gasteiger partial charge in [0, 0.05) is 45.5 Å². The number of aliphatic hydroxyl groups is 1. The van der Waals surface area contributed by atoms with Crippen LogP contribution in [0.25, 0.3) is 0 Å². The Balaban J connectivity index is 1.45. The van der Waals surface area contributed by atoms with Crippen LogP contribution in [-0.4, -0.2) is 94.9 Å². The predicted molar refractivity (Wildman–Crippen MR) is 126 cm³/mol. The fourth-order valence-electron chi connectivity index (χ4n) is 4.58. The molecule has 178 valence electrons. The van der Waals surface area contributed by atoms with Crippen molar-refractivity contribution in [3.8, 4) is 5.75 Å². The molecule has 0 aliphatic carbocycles. The average Bonchev–Trinajstić information content (AvgIpc) is 3.35. The van der Waals surface area contributed by atoms with Crippen molar-refractivity contribution in [3.05, 3.63) is 36.2 Å². The minimum atomic E-state index is -0.643. The van der Waals surface area contributed by atoms with Gasteiger partial charge in [0.25, 0.3) is 0 Å². The molecule has 1 aromatic heterocycles. The maximum Gasteiger partial charge on any atom is 0.239 e. The predicted octanol–water partition coefficient (Wildman–Crippen LogP) is 0.613. The molecule has 2 bridgehead atoms. The highest BCUT2D eigenvalue weighted by Crippen LogP contribution is 2.35. The number of nitrogens with zero attached hydrogens (tertiary/aromatic N) is 5. The molecule has 3 atom stereocenters. The lowest BCUT2D eigenvalue weighted by Crippen LogP contribution is -2.46. The van der Waals surface area contributed by atoms with Crippen LogP contribution in [0.1, 0.15) is 17.9 Å². The molecule has 5 rings (SSSR count). The molecule has 1 aromatic carbocycles. The van der Waals surface area contributed by atoms with Gasteiger partial charge in [0.15, 0.2) is 0 Å². The number of aliphatic imine (C=N–C) groups is 1. The Hall–Kier alpha value is -3.57. The summed E-state index contributed by atoms with van der Waals surface area (Å²) in [5.74, 6) is 0.697. The molecule has 1 unspecified atom stereocenters. The first-order valence-corrected chi connectivity index (χ1v) is 11.3. The van der Waals surface area contributed by atoms with E-state index in [1.807, 2.05) is 23.1 Å². The standard InChI is InChI=1S/C23H27N7O4/c1-29-6-5-24-20-19-17(22(32)28-21(19)27-13-26-20)11-25-14-3-2-4-16(9-14)34-8-7-30-12-15(31)10-18(30)23(29)33/h2-4,9,11,13,15,17-18,31H,5-8,10,12H2,1H3,(H2,24,26,27,28,32)/t15-,17?,18-/m1/s1. The second-order valence-electron chi connectivity index (χ2n) is 8.66. The molecule has 2 aromatic rings. The lowest BCUT2D eigenvalue weighted by Gasteiger charge is -2.28. The number of carbonyl (C=O) groups excluding carboxylic acids is 2. The van der Waals surface area contributed by atoms with Crippen LogP contribution in [0, 0.1) is 0 Å². The molecule has 3 aliphatic rings. The maximum atomic E-state index is 13.1. The van der Waals surface area contributed by atoms with E-state index in [4.69, 9.17) is 4.74 Å². The molecule has 3 N–H and O–H groups in total. The highest BCUT2D eigenvalue weighted by Gasteiger charge is 2.37. The Labute approximate surface area is 196 Å². The van der Waals surface area contributed by atoms with Crippen molar-refractivity contribution < 1.29 is 19.4 Å². The number of ether oxygens (including phenoxy) is 1. The topological polar surface area (TPSA) is 132 Å². The van der Waals surface area contributed by atoms with Crippen LogP contribution in [0.4, 0.5) is 17.3 Å². The van der Waals surface area contributed by atoms with Crippen LogP contribution in [-0.2, 0) is 9.59 Å². The monoisotopic (exact) mass is 465 g/mol. The highest BCUT2D eigenvalue weighted by atomic mass is 16.5. The first-order chi connectivity index (χ1) is 16.5. The van der Waals surface area contributed by atoms with Crippen molar-refractivity contribution in [2.75, 3.05) is 50.5 Å². The van der Waals surface area contributed by atoms with Gasteiger partial charge in [0.05, 0.1) is 23.4 Å². The number of anilines is 2. The van der Waals surface area contributed by atoms with E-state index < -0.39 is 18.1 Å². The van der Waals surface area contributed by atoms with Crippen LogP contribution < -0.4 is 15.4 Å². The number of amides is 2. The Morgan fingerprint density at radius 3 is 2.91 bits per heavy atom. The molecule has 34 heavy (non-hydrogen) atoms. The highest BCUT2D eigenvalue weighted by molar-refractivity contribution is 6.13. The number of fused-ring (bicyclic) bond motifs is 3. The summed E-state index contributed by atoms with van der Waals surface area (Å²) in [6.07, 6.45) is 2.83. The third-order valence-electron chi connectivity index (χ3n) is 6.34. The van der Waals surface area contributed by atoms with Gasteiger partial charge in [-0.1, -0.05) is 6.07 Å². The summed E-state index contributed by atoms with van der Waals surface area (Å²) in [6, 6.07) is 6.90. The zero-order valence-corrected chi connectivity index (χ0v) is 18.8. The summed E-state index contributed by atoms with van der Waals surface area (Å²) in [5, 5.41) is 16.2. The SMILES string of the molecule is CN1CCNc2ncnc3c2C(C=Nc2cccc(c2)OCCN2C[C@H](O)C[C@@H]2C1=O)C(=O)N3. The van der Waals surface area contributed by atoms with E-state index in [-0.39, 0.29) is 11.8 Å². The van der Waals surface area contributed by atoms with E-state index in [0.29, 0.717) is 67.8 Å². The van der Waals surface area contributed by atoms with E-state index in [2.05, 4.69) is 25.6 Å².